The lowest BCUT2D eigenvalue weighted by Crippen LogP contribution is -3.14. The largest absolute Gasteiger partial charge is 0.494 e. The first-order chi connectivity index (χ1) is 14.7. The van der Waals surface area contributed by atoms with Gasteiger partial charge in [0.1, 0.15) is 24.4 Å². The number of aromatic nitrogens is 1. The predicted octanol–water partition coefficient (Wildman–Crippen LogP) is 2.57. The molecule has 1 aliphatic heterocycles. The van der Waals surface area contributed by atoms with Crippen molar-refractivity contribution in [3.63, 3.8) is 0 Å². The van der Waals surface area contributed by atoms with Crippen LogP contribution in [0.25, 0.3) is 10.2 Å². The molecule has 2 heterocycles. The van der Waals surface area contributed by atoms with Crippen molar-refractivity contribution in [2.75, 3.05) is 51.4 Å². The molecule has 0 unspecified atom stereocenters. The molecular weight excluding hydrogens is 398 g/mol. The van der Waals surface area contributed by atoms with E-state index in [1.807, 2.05) is 47.4 Å². The third-order valence-corrected chi connectivity index (χ3v) is 6.73. The van der Waals surface area contributed by atoms with Crippen molar-refractivity contribution in [3.05, 3.63) is 53.6 Å². The zero-order chi connectivity index (χ0) is 20.9. The number of methoxy groups -OCH3 is 1. The van der Waals surface area contributed by atoms with E-state index in [0.29, 0.717) is 12.1 Å². The van der Waals surface area contributed by atoms with Crippen LogP contribution in [0.1, 0.15) is 22.3 Å². The first kappa shape index (κ1) is 20.8. The summed E-state index contributed by atoms with van der Waals surface area (Å²) in [5.41, 5.74) is 2.64. The molecule has 158 valence electrons. The predicted molar refractivity (Wildman–Crippen MR) is 120 cm³/mol. The number of nitrogens with zero attached hydrogens (tertiary/aromatic N) is 2. The fraction of sp³-hybridized carbons (Fsp3) is 0.391. The summed E-state index contributed by atoms with van der Waals surface area (Å²) in [4.78, 5) is 21.6. The second-order valence-corrected chi connectivity index (χ2v) is 8.53. The maximum atomic E-state index is 13.4. The Morgan fingerprint density at radius 3 is 2.70 bits per heavy atom. The lowest BCUT2D eigenvalue weighted by Gasteiger charge is -2.25. The van der Waals surface area contributed by atoms with E-state index >= 15 is 0 Å². The summed E-state index contributed by atoms with van der Waals surface area (Å²) in [7, 11) is 1.65. The van der Waals surface area contributed by atoms with Crippen LogP contribution in [-0.2, 0) is 4.74 Å². The number of thiazole rings is 1. The molecule has 1 amide bonds. The topological polar surface area (TPSA) is 56.1 Å². The van der Waals surface area contributed by atoms with Crippen molar-refractivity contribution < 1.29 is 19.2 Å². The van der Waals surface area contributed by atoms with Gasteiger partial charge in [-0.1, -0.05) is 35.6 Å². The van der Waals surface area contributed by atoms with Crippen LogP contribution in [0.2, 0.25) is 0 Å². The van der Waals surface area contributed by atoms with Crippen LogP contribution in [0.5, 0.6) is 5.75 Å². The maximum absolute atomic E-state index is 13.4. The molecule has 7 heteroatoms. The number of carbonyl (C=O) groups excluding carboxylic acids is 1. The van der Waals surface area contributed by atoms with Gasteiger partial charge in [-0.15, -0.1) is 0 Å². The zero-order valence-electron chi connectivity index (χ0n) is 17.5. The molecule has 3 aromatic rings. The Balaban J connectivity index is 1.61. The molecule has 1 fully saturated rings. The molecular formula is C23H28N3O3S+. The van der Waals surface area contributed by atoms with Crippen LogP contribution in [0.15, 0.2) is 42.5 Å². The van der Waals surface area contributed by atoms with Crippen molar-refractivity contribution in [1.29, 1.82) is 0 Å². The monoisotopic (exact) mass is 426 g/mol. The standard InChI is InChI=1S/C23H27N3O3S/c1-17-9-10-19(28-2)20-21(17)30-23(24-20)26(22(27)18-7-4-3-5-8-18)12-6-11-25-13-15-29-16-14-25/h3-5,7-10H,6,11-16H2,1-2H3/p+1. The van der Waals surface area contributed by atoms with Gasteiger partial charge in [0.15, 0.2) is 5.13 Å². The first-order valence-electron chi connectivity index (χ1n) is 10.4. The van der Waals surface area contributed by atoms with Crippen LogP contribution in [0, 0.1) is 6.92 Å². The van der Waals surface area contributed by atoms with E-state index in [1.54, 1.807) is 18.4 Å². The van der Waals surface area contributed by atoms with Gasteiger partial charge in [0.05, 0.1) is 31.6 Å². The molecule has 6 nitrogen and oxygen atoms in total. The van der Waals surface area contributed by atoms with Gasteiger partial charge in [0.2, 0.25) is 0 Å². The van der Waals surface area contributed by atoms with Crippen molar-refractivity contribution in [2.45, 2.75) is 13.3 Å². The number of ether oxygens (including phenoxy) is 2. The van der Waals surface area contributed by atoms with Gasteiger partial charge in [-0.3, -0.25) is 9.69 Å². The highest BCUT2D eigenvalue weighted by Gasteiger charge is 2.23. The number of nitrogens with one attached hydrogen (secondary N) is 1. The Morgan fingerprint density at radius 1 is 1.20 bits per heavy atom. The fourth-order valence-corrected chi connectivity index (χ4v) is 4.87. The molecule has 2 aromatic carbocycles. The quantitative estimate of drug-likeness (QED) is 0.631. The molecule has 1 aliphatic rings. The molecule has 4 rings (SSSR count). The highest BCUT2D eigenvalue weighted by Crippen LogP contribution is 2.36. The lowest BCUT2D eigenvalue weighted by atomic mass is 10.2. The van der Waals surface area contributed by atoms with Gasteiger partial charge in [0.25, 0.3) is 5.91 Å². The molecule has 30 heavy (non-hydrogen) atoms. The summed E-state index contributed by atoms with van der Waals surface area (Å²) in [6, 6.07) is 13.4. The van der Waals surface area contributed by atoms with Crippen molar-refractivity contribution in [1.82, 2.24) is 4.98 Å². The number of fused-ring (bicyclic) bond motifs is 1. The number of carbonyl (C=O) groups is 1. The molecule has 0 aliphatic carbocycles. The summed E-state index contributed by atoms with van der Waals surface area (Å²) in [5, 5.41) is 0.725. The van der Waals surface area contributed by atoms with Crippen LogP contribution in [-0.4, -0.2) is 57.4 Å². The Morgan fingerprint density at radius 2 is 1.97 bits per heavy atom. The normalized spacial score (nSPS) is 14.7. The Bertz CT molecular complexity index is 1000. The molecule has 0 spiro atoms. The zero-order valence-corrected chi connectivity index (χ0v) is 18.3. The number of hydrogen-bond acceptors (Lipinski definition) is 5. The van der Waals surface area contributed by atoms with Crippen LogP contribution in [0.3, 0.4) is 0 Å². The van der Waals surface area contributed by atoms with Crippen molar-refractivity contribution in [2.24, 2.45) is 0 Å². The summed E-state index contributed by atoms with van der Waals surface area (Å²) in [6.45, 7) is 7.43. The maximum Gasteiger partial charge on any atom is 0.260 e. The minimum absolute atomic E-state index is 0.0109. The summed E-state index contributed by atoms with van der Waals surface area (Å²) >= 11 is 1.56. The minimum Gasteiger partial charge on any atom is -0.494 e. The number of aryl methyl sites for hydroxylation is 1. The van der Waals surface area contributed by atoms with E-state index < -0.39 is 0 Å². The summed E-state index contributed by atoms with van der Waals surface area (Å²) < 4.78 is 12.0. The van der Waals surface area contributed by atoms with Gasteiger partial charge >= 0.3 is 0 Å². The fourth-order valence-electron chi connectivity index (χ4n) is 3.80. The van der Waals surface area contributed by atoms with Crippen molar-refractivity contribution in [3.8, 4) is 5.75 Å². The van der Waals surface area contributed by atoms with E-state index in [2.05, 4.69) is 6.92 Å². The summed E-state index contributed by atoms with van der Waals surface area (Å²) in [6.07, 6.45) is 0.917. The lowest BCUT2D eigenvalue weighted by molar-refractivity contribution is -0.908. The molecule has 0 saturated carbocycles. The van der Waals surface area contributed by atoms with Crippen LogP contribution >= 0.6 is 11.3 Å². The minimum atomic E-state index is -0.0109. The average molecular weight is 427 g/mol. The second-order valence-electron chi connectivity index (χ2n) is 7.55. The molecule has 1 saturated heterocycles. The molecule has 0 bridgehead atoms. The van der Waals surface area contributed by atoms with E-state index in [0.717, 1.165) is 65.9 Å². The highest BCUT2D eigenvalue weighted by molar-refractivity contribution is 7.22. The Hall–Kier alpha value is -2.48. The van der Waals surface area contributed by atoms with Gasteiger partial charge < -0.3 is 14.4 Å². The number of morpholine rings is 1. The first-order valence-corrected chi connectivity index (χ1v) is 11.2. The second kappa shape index (κ2) is 9.55. The molecule has 0 radical (unpaired) electrons. The van der Waals surface area contributed by atoms with Crippen molar-refractivity contribution >= 4 is 32.6 Å². The number of rotatable bonds is 7. The Kier molecular flexibility index (Phi) is 6.62. The smallest absolute Gasteiger partial charge is 0.260 e. The molecule has 1 N–H and O–H groups in total. The highest BCUT2D eigenvalue weighted by atomic mass is 32.1. The number of amides is 1. The molecule has 1 aromatic heterocycles. The van der Waals surface area contributed by atoms with E-state index in [4.69, 9.17) is 14.5 Å². The molecule has 0 atom stereocenters. The number of anilines is 1. The van der Waals surface area contributed by atoms with E-state index in [1.165, 1.54) is 4.90 Å². The third kappa shape index (κ3) is 4.48. The summed E-state index contributed by atoms with van der Waals surface area (Å²) in [5.74, 6) is 0.728. The van der Waals surface area contributed by atoms with E-state index in [-0.39, 0.29) is 5.91 Å². The van der Waals surface area contributed by atoms with Gasteiger partial charge in [-0.2, -0.15) is 0 Å². The van der Waals surface area contributed by atoms with E-state index in [9.17, 15) is 4.79 Å². The number of hydrogen-bond donors (Lipinski definition) is 1. The van der Waals surface area contributed by atoms with Gasteiger partial charge in [-0.25, -0.2) is 4.98 Å². The van der Waals surface area contributed by atoms with Gasteiger partial charge in [-0.05, 0) is 30.7 Å². The number of quaternary nitrogens is 1. The van der Waals surface area contributed by atoms with Crippen LogP contribution in [0.4, 0.5) is 5.13 Å². The van der Waals surface area contributed by atoms with Crippen LogP contribution < -0.4 is 14.5 Å². The third-order valence-electron chi connectivity index (χ3n) is 5.52. The average Bonchev–Trinajstić information content (AvgIpc) is 3.24. The SMILES string of the molecule is COc1ccc(C)c2sc(N(CCC[NH+]3CCOCC3)C(=O)c3ccccc3)nc12. The van der Waals surface area contributed by atoms with Gasteiger partial charge in [0, 0.05) is 18.5 Å². The Labute approximate surface area is 181 Å². The number of benzene rings is 2.